The van der Waals surface area contributed by atoms with Gasteiger partial charge in [0.05, 0.1) is 10.2 Å². The van der Waals surface area contributed by atoms with Gasteiger partial charge in [-0.2, -0.15) is 0 Å². The summed E-state index contributed by atoms with van der Waals surface area (Å²) in [5.74, 6) is -0.205. The first-order valence-corrected chi connectivity index (χ1v) is 7.25. The number of hydrogen-bond acceptors (Lipinski definition) is 3. The Hall–Kier alpha value is -1.91. The Labute approximate surface area is 125 Å². The molecule has 0 spiro atoms. The monoisotopic (exact) mass is 302 g/mol. The summed E-state index contributed by atoms with van der Waals surface area (Å²) in [4.78, 5) is 16.5. The lowest BCUT2D eigenvalue weighted by atomic mass is 10.2. The van der Waals surface area contributed by atoms with Gasteiger partial charge < -0.3 is 0 Å². The van der Waals surface area contributed by atoms with E-state index >= 15 is 0 Å². The molecule has 0 saturated heterocycles. The van der Waals surface area contributed by atoms with E-state index in [0.717, 1.165) is 10.2 Å². The first-order valence-electron chi connectivity index (χ1n) is 6.06. The van der Waals surface area contributed by atoms with Crippen molar-refractivity contribution in [1.82, 2.24) is 4.98 Å². The van der Waals surface area contributed by atoms with E-state index in [1.807, 2.05) is 19.1 Å². The van der Waals surface area contributed by atoms with E-state index in [-0.39, 0.29) is 5.91 Å². The summed E-state index contributed by atoms with van der Waals surface area (Å²) in [6.45, 7) is 2.03. The molecule has 0 aliphatic rings. The lowest BCUT2D eigenvalue weighted by Crippen LogP contribution is -2.11. The summed E-state index contributed by atoms with van der Waals surface area (Å²) in [5, 5.41) is 3.94. The van der Waals surface area contributed by atoms with Crippen LogP contribution in [0.2, 0.25) is 5.02 Å². The van der Waals surface area contributed by atoms with Crippen LogP contribution in [0.4, 0.5) is 5.13 Å². The smallest absolute Gasteiger partial charge is 0.257 e. The molecule has 0 radical (unpaired) electrons. The van der Waals surface area contributed by atoms with E-state index < -0.39 is 0 Å². The molecule has 1 heterocycles. The maximum absolute atomic E-state index is 12.1. The van der Waals surface area contributed by atoms with E-state index in [9.17, 15) is 4.79 Å². The average molecular weight is 303 g/mol. The molecule has 1 amide bonds. The third-order valence-corrected chi connectivity index (χ3v) is 4.02. The van der Waals surface area contributed by atoms with E-state index in [4.69, 9.17) is 11.6 Å². The van der Waals surface area contributed by atoms with Crippen LogP contribution in [-0.4, -0.2) is 10.9 Å². The van der Waals surface area contributed by atoms with E-state index in [1.54, 1.807) is 24.3 Å². The van der Waals surface area contributed by atoms with Crippen LogP contribution in [0.25, 0.3) is 10.2 Å². The number of nitrogens with zero attached hydrogens (tertiary/aromatic N) is 1. The topological polar surface area (TPSA) is 42.0 Å². The Morgan fingerprint density at radius 2 is 2.10 bits per heavy atom. The van der Waals surface area contributed by atoms with Gasteiger partial charge >= 0.3 is 0 Å². The van der Waals surface area contributed by atoms with E-state index in [2.05, 4.69) is 16.4 Å². The first-order chi connectivity index (χ1) is 9.61. The molecule has 3 rings (SSSR count). The summed E-state index contributed by atoms with van der Waals surface area (Å²) in [6, 6.07) is 12.9. The van der Waals surface area contributed by atoms with Crippen molar-refractivity contribution in [2.24, 2.45) is 0 Å². The van der Waals surface area contributed by atoms with Gasteiger partial charge in [-0.15, -0.1) is 0 Å². The summed E-state index contributed by atoms with van der Waals surface area (Å²) >= 11 is 7.34. The Morgan fingerprint density at radius 1 is 1.25 bits per heavy atom. The van der Waals surface area contributed by atoms with Gasteiger partial charge in [-0.3, -0.25) is 10.1 Å². The second-order valence-corrected chi connectivity index (χ2v) is 5.92. The second kappa shape index (κ2) is 5.23. The van der Waals surface area contributed by atoms with Gasteiger partial charge in [0.25, 0.3) is 5.91 Å². The van der Waals surface area contributed by atoms with Gasteiger partial charge in [0.2, 0.25) is 0 Å². The molecular formula is C15H11ClN2OS. The van der Waals surface area contributed by atoms with Gasteiger partial charge in [0.1, 0.15) is 0 Å². The Morgan fingerprint density at radius 3 is 2.90 bits per heavy atom. The van der Waals surface area contributed by atoms with Crippen LogP contribution >= 0.6 is 22.9 Å². The van der Waals surface area contributed by atoms with Crippen molar-refractivity contribution in [2.45, 2.75) is 6.92 Å². The summed E-state index contributed by atoms with van der Waals surface area (Å²) in [5.41, 5.74) is 2.59. The molecule has 0 bridgehead atoms. The normalized spacial score (nSPS) is 10.7. The van der Waals surface area contributed by atoms with Crippen molar-refractivity contribution >= 4 is 44.2 Å². The van der Waals surface area contributed by atoms with Crippen molar-refractivity contribution in [3.8, 4) is 0 Å². The summed E-state index contributed by atoms with van der Waals surface area (Å²) in [6.07, 6.45) is 0. The molecule has 0 aliphatic heterocycles. The average Bonchev–Trinajstić information content (AvgIpc) is 2.80. The molecule has 3 aromatic rings. The molecule has 0 saturated carbocycles. The van der Waals surface area contributed by atoms with Crippen LogP contribution in [0.1, 0.15) is 15.9 Å². The fraction of sp³-hybridized carbons (Fsp3) is 0.0667. The molecule has 3 nitrogen and oxygen atoms in total. The van der Waals surface area contributed by atoms with Crippen molar-refractivity contribution in [3.05, 3.63) is 58.6 Å². The third kappa shape index (κ3) is 2.66. The number of carbonyl (C=O) groups is 1. The van der Waals surface area contributed by atoms with E-state index in [1.165, 1.54) is 16.9 Å². The zero-order chi connectivity index (χ0) is 14.1. The van der Waals surface area contributed by atoms with Crippen LogP contribution in [-0.2, 0) is 0 Å². The molecule has 100 valence electrons. The summed E-state index contributed by atoms with van der Waals surface area (Å²) in [7, 11) is 0. The van der Waals surface area contributed by atoms with Gasteiger partial charge in [-0.25, -0.2) is 4.98 Å². The molecule has 0 unspecified atom stereocenters. The van der Waals surface area contributed by atoms with Crippen molar-refractivity contribution in [2.75, 3.05) is 5.32 Å². The van der Waals surface area contributed by atoms with Crippen LogP contribution in [0, 0.1) is 6.92 Å². The molecule has 1 N–H and O–H groups in total. The van der Waals surface area contributed by atoms with E-state index in [0.29, 0.717) is 15.7 Å². The maximum atomic E-state index is 12.1. The number of hydrogen-bond donors (Lipinski definition) is 1. The Bertz CT molecular complexity index is 797. The minimum Gasteiger partial charge on any atom is -0.298 e. The number of halogens is 1. The van der Waals surface area contributed by atoms with Gasteiger partial charge in [-0.05, 0) is 42.8 Å². The lowest BCUT2D eigenvalue weighted by molar-refractivity contribution is 0.102. The van der Waals surface area contributed by atoms with Gasteiger partial charge in [0.15, 0.2) is 5.13 Å². The SMILES string of the molecule is Cc1ccc2nc(NC(=O)c3cccc(Cl)c3)sc2c1. The van der Waals surface area contributed by atoms with Crippen LogP contribution in [0.15, 0.2) is 42.5 Å². The summed E-state index contributed by atoms with van der Waals surface area (Å²) < 4.78 is 1.06. The second-order valence-electron chi connectivity index (χ2n) is 4.45. The molecular weight excluding hydrogens is 292 g/mol. The maximum Gasteiger partial charge on any atom is 0.257 e. The third-order valence-electron chi connectivity index (χ3n) is 2.85. The highest BCUT2D eigenvalue weighted by Gasteiger charge is 2.10. The highest BCUT2D eigenvalue weighted by molar-refractivity contribution is 7.22. The molecule has 1 aromatic heterocycles. The fourth-order valence-electron chi connectivity index (χ4n) is 1.88. The number of benzene rings is 2. The van der Waals surface area contributed by atoms with Crippen LogP contribution in [0.5, 0.6) is 0 Å². The Kier molecular flexibility index (Phi) is 3.42. The van der Waals surface area contributed by atoms with Crippen molar-refractivity contribution in [1.29, 1.82) is 0 Å². The molecule has 0 aliphatic carbocycles. The Balaban J connectivity index is 1.87. The number of carbonyl (C=O) groups excluding carboxylic acids is 1. The number of amides is 1. The molecule has 20 heavy (non-hydrogen) atoms. The molecule has 5 heteroatoms. The minimum absolute atomic E-state index is 0.205. The number of fused-ring (bicyclic) bond motifs is 1. The zero-order valence-corrected chi connectivity index (χ0v) is 12.3. The highest BCUT2D eigenvalue weighted by atomic mass is 35.5. The highest BCUT2D eigenvalue weighted by Crippen LogP contribution is 2.27. The minimum atomic E-state index is -0.205. The van der Waals surface area contributed by atoms with Crippen molar-refractivity contribution in [3.63, 3.8) is 0 Å². The lowest BCUT2D eigenvalue weighted by Gasteiger charge is -2.01. The predicted molar refractivity (Wildman–Crippen MR) is 83.8 cm³/mol. The zero-order valence-electron chi connectivity index (χ0n) is 10.7. The molecule has 2 aromatic carbocycles. The van der Waals surface area contributed by atoms with Gasteiger partial charge in [-0.1, -0.05) is 35.1 Å². The van der Waals surface area contributed by atoms with Crippen molar-refractivity contribution < 1.29 is 4.79 Å². The van der Waals surface area contributed by atoms with Crippen LogP contribution < -0.4 is 5.32 Å². The van der Waals surface area contributed by atoms with Crippen LogP contribution in [0.3, 0.4) is 0 Å². The first kappa shape index (κ1) is 13.1. The fourth-order valence-corrected chi connectivity index (χ4v) is 3.03. The number of thiazole rings is 1. The number of anilines is 1. The standard InChI is InChI=1S/C15H11ClN2OS/c1-9-5-6-12-13(7-9)20-15(17-12)18-14(19)10-3-2-4-11(16)8-10/h2-8H,1H3,(H,17,18,19). The number of rotatable bonds is 2. The molecule has 0 fully saturated rings. The number of aromatic nitrogens is 1. The number of nitrogens with one attached hydrogen (secondary N) is 1. The quantitative estimate of drug-likeness (QED) is 0.756. The predicted octanol–water partition coefficient (Wildman–Crippen LogP) is 4.51. The number of aryl methyl sites for hydroxylation is 1. The molecule has 0 atom stereocenters. The largest absolute Gasteiger partial charge is 0.298 e. The van der Waals surface area contributed by atoms with Gasteiger partial charge in [0, 0.05) is 10.6 Å².